The lowest BCUT2D eigenvalue weighted by molar-refractivity contribution is -0.384. The maximum absolute atomic E-state index is 12.1. The summed E-state index contributed by atoms with van der Waals surface area (Å²) in [6.07, 6.45) is -0.143. The first-order chi connectivity index (χ1) is 13.3. The van der Waals surface area contributed by atoms with Gasteiger partial charge in [-0.15, -0.1) is 0 Å². The molecule has 0 saturated carbocycles. The molecule has 0 aliphatic carbocycles. The van der Waals surface area contributed by atoms with E-state index >= 15 is 0 Å². The molecule has 2 amide bonds. The summed E-state index contributed by atoms with van der Waals surface area (Å²) in [7, 11) is 0. The quantitative estimate of drug-likeness (QED) is 0.385. The van der Waals surface area contributed by atoms with E-state index in [2.05, 4.69) is 5.32 Å². The van der Waals surface area contributed by atoms with Gasteiger partial charge in [0.1, 0.15) is 0 Å². The van der Waals surface area contributed by atoms with Crippen molar-refractivity contribution in [3.05, 3.63) is 70.3 Å². The van der Waals surface area contributed by atoms with Crippen molar-refractivity contribution in [2.75, 3.05) is 11.9 Å². The molecule has 0 fully saturated rings. The minimum atomic E-state index is -0.663. The zero-order valence-electron chi connectivity index (χ0n) is 14.9. The van der Waals surface area contributed by atoms with Crippen molar-refractivity contribution in [3.8, 4) is 0 Å². The highest BCUT2D eigenvalue weighted by atomic mass is 16.6. The highest BCUT2D eigenvalue weighted by molar-refractivity contribution is 5.93. The number of benzene rings is 2. The summed E-state index contributed by atoms with van der Waals surface area (Å²) in [6, 6.07) is 14.3. The lowest BCUT2D eigenvalue weighted by atomic mass is 9.92. The number of rotatable bonds is 9. The number of nitrogens with two attached hydrogens (primary N) is 1. The Morgan fingerprint density at radius 1 is 1.07 bits per heavy atom. The van der Waals surface area contributed by atoms with E-state index in [0.29, 0.717) is 0 Å². The highest BCUT2D eigenvalue weighted by Gasteiger charge is 2.20. The van der Waals surface area contributed by atoms with Crippen LogP contribution < -0.4 is 11.1 Å². The normalized spacial score (nSPS) is 11.3. The number of hydrogen-bond donors (Lipinski definition) is 2. The molecular weight excluding hydrogens is 366 g/mol. The van der Waals surface area contributed by atoms with Gasteiger partial charge in [0.25, 0.3) is 11.6 Å². The van der Waals surface area contributed by atoms with Gasteiger partial charge in [0.2, 0.25) is 5.91 Å². The van der Waals surface area contributed by atoms with Gasteiger partial charge in [0, 0.05) is 30.2 Å². The van der Waals surface area contributed by atoms with E-state index in [1.165, 1.54) is 24.3 Å². The average molecular weight is 385 g/mol. The van der Waals surface area contributed by atoms with Crippen molar-refractivity contribution in [3.63, 3.8) is 0 Å². The summed E-state index contributed by atoms with van der Waals surface area (Å²) in [5.41, 5.74) is 6.05. The topological polar surface area (TPSA) is 142 Å². The number of carbonyl (C=O) groups is 3. The van der Waals surface area contributed by atoms with Gasteiger partial charge < -0.3 is 15.8 Å². The van der Waals surface area contributed by atoms with Gasteiger partial charge in [0.15, 0.2) is 6.61 Å². The van der Waals surface area contributed by atoms with Crippen LogP contribution >= 0.6 is 0 Å². The van der Waals surface area contributed by atoms with Crippen LogP contribution in [-0.4, -0.2) is 29.3 Å². The van der Waals surface area contributed by atoms with Gasteiger partial charge in [-0.25, -0.2) is 0 Å². The smallest absolute Gasteiger partial charge is 0.306 e. The number of hydrogen-bond acceptors (Lipinski definition) is 6. The first kappa shape index (κ1) is 20.6. The van der Waals surface area contributed by atoms with Gasteiger partial charge in [-0.1, -0.05) is 36.4 Å². The summed E-state index contributed by atoms with van der Waals surface area (Å²) in [6.45, 7) is -0.556. The van der Waals surface area contributed by atoms with Crippen LogP contribution in [0.25, 0.3) is 0 Å². The lowest BCUT2D eigenvalue weighted by Gasteiger charge is -2.15. The van der Waals surface area contributed by atoms with Gasteiger partial charge in [-0.2, -0.15) is 0 Å². The Hall–Kier alpha value is -3.75. The molecule has 2 aromatic carbocycles. The fourth-order valence-electron chi connectivity index (χ4n) is 2.58. The zero-order valence-corrected chi connectivity index (χ0v) is 14.9. The minimum absolute atomic E-state index is 0.0288. The van der Waals surface area contributed by atoms with Crippen molar-refractivity contribution in [1.82, 2.24) is 0 Å². The molecule has 3 N–H and O–H groups in total. The Morgan fingerprint density at radius 3 is 2.43 bits per heavy atom. The number of nitrogens with one attached hydrogen (secondary N) is 1. The van der Waals surface area contributed by atoms with Crippen molar-refractivity contribution in [2.24, 2.45) is 5.73 Å². The predicted octanol–water partition coefficient (Wildman–Crippen LogP) is 2.13. The highest BCUT2D eigenvalue weighted by Crippen LogP contribution is 2.23. The summed E-state index contributed by atoms with van der Waals surface area (Å²) in [4.78, 5) is 45.4. The number of nitro benzene ring substituents is 1. The van der Waals surface area contributed by atoms with E-state index in [1.807, 2.05) is 0 Å². The van der Waals surface area contributed by atoms with E-state index in [1.54, 1.807) is 30.3 Å². The number of primary amides is 1. The monoisotopic (exact) mass is 385 g/mol. The van der Waals surface area contributed by atoms with Crippen LogP contribution in [0, 0.1) is 10.1 Å². The van der Waals surface area contributed by atoms with E-state index in [-0.39, 0.29) is 24.2 Å². The number of esters is 1. The van der Waals surface area contributed by atoms with Crippen LogP contribution in [0.2, 0.25) is 0 Å². The van der Waals surface area contributed by atoms with Crippen LogP contribution in [0.15, 0.2) is 54.6 Å². The molecular formula is C19H19N3O6. The number of nitro groups is 1. The summed E-state index contributed by atoms with van der Waals surface area (Å²) in [5, 5.41) is 13.2. The molecule has 0 aliphatic heterocycles. The van der Waals surface area contributed by atoms with E-state index in [9.17, 15) is 24.5 Å². The van der Waals surface area contributed by atoms with Crippen molar-refractivity contribution >= 4 is 29.2 Å². The van der Waals surface area contributed by atoms with E-state index in [0.717, 1.165) is 5.56 Å². The molecule has 0 radical (unpaired) electrons. The molecule has 1 unspecified atom stereocenters. The molecule has 9 nitrogen and oxygen atoms in total. The third-order valence-corrected chi connectivity index (χ3v) is 3.84. The maximum Gasteiger partial charge on any atom is 0.306 e. The van der Waals surface area contributed by atoms with Gasteiger partial charge in [-0.3, -0.25) is 24.5 Å². The Labute approximate surface area is 160 Å². The molecule has 0 heterocycles. The molecule has 1 atom stereocenters. The molecule has 146 valence electrons. The molecule has 2 aromatic rings. The number of nitrogens with zero attached hydrogens (tertiary/aromatic N) is 1. The minimum Gasteiger partial charge on any atom is -0.456 e. The first-order valence-corrected chi connectivity index (χ1v) is 8.38. The number of anilines is 1. The second-order valence-electron chi connectivity index (χ2n) is 6.00. The second-order valence-corrected chi connectivity index (χ2v) is 6.00. The standard InChI is InChI=1S/C19H19N3O6/c20-17(23)9-14(13-5-2-1-3-6-13)10-19(25)28-12-18(24)21-15-7-4-8-16(11-15)22(26)27/h1-8,11,14H,9-10,12H2,(H2,20,23)(H,21,24). The van der Waals surface area contributed by atoms with Crippen molar-refractivity contribution in [2.45, 2.75) is 18.8 Å². The van der Waals surface area contributed by atoms with Crippen LogP contribution in [0.1, 0.15) is 24.3 Å². The lowest BCUT2D eigenvalue weighted by Crippen LogP contribution is -2.23. The number of carbonyl (C=O) groups excluding carboxylic acids is 3. The van der Waals surface area contributed by atoms with Crippen molar-refractivity contribution in [1.29, 1.82) is 0 Å². The Balaban J connectivity index is 1.89. The Morgan fingerprint density at radius 2 is 1.79 bits per heavy atom. The molecule has 0 bridgehead atoms. The molecule has 28 heavy (non-hydrogen) atoms. The number of non-ortho nitro benzene ring substituents is 1. The zero-order chi connectivity index (χ0) is 20.5. The Bertz CT molecular complexity index is 869. The third kappa shape index (κ3) is 6.52. The molecule has 0 saturated heterocycles. The number of amides is 2. The van der Waals surface area contributed by atoms with Crippen LogP contribution in [0.3, 0.4) is 0 Å². The predicted molar refractivity (Wildman–Crippen MR) is 100 cm³/mol. The van der Waals surface area contributed by atoms with Crippen LogP contribution in [0.5, 0.6) is 0 Å². The summed E-state index contributed by atoms with van der Waals surface area (Å²) < 4.78 is 4.95. The molecule has 9 heteroatoms. The van der Waals surface area contributed by atoms with E-state index < -0.39 is 35.2 Å². The molecule has 0 spiro atoms. The SMILES string of the molecule is NC(=O)CC(CC(=O)OCC(=O)Nc1cccc([N+](=O)[O-])c1)c1ccccc1. The third-order valence-electron chi connectivity index (χ3n) is 3.84. The van der Waals surface area contributed by atoms with Crippen LogP contribution in [-0.2, 0) is 19.1 Å². The maximum atomic E-state index is 12.1. The molecule has 2 rings (SSSR count). The average Bonchev–Trinajstić information content (AvgIpc) is 2.66. The largest absolute Gasteiger partial charge is 0.456 e. The fourth-order valence-corrected chi connectivity index (χ4v) is 2.58. The van der Waals surface area contributed by atoms with Gasteiger partial charge >= 0.3 is 5.97 Å². The number of ether oxygens (including phenoxy) is 1. The van der Waals surface area contributed by atoms with Crippen molar-refractivity contribution < 1.29 is 24.0 Å². The summed E-state index contributed by atoms with van der Waals surface area (Å²) in [5.74, 6) is -2.31. The first-order valence-electron chi connectivity index (χ1n) is 8.38. The Kier molecular flexibility index (Phi) is 7.21. The summed E-state index contributed by atoms with van der Waals surface area (Å²) >= 11 is 0. The van der Waals surface area contributed by atoms with Gasteiger partial charge in [-0.05, 0) is 11.6 Å². The second kappa shape index (κ2) is 9.81. The van der Waals surface area contributed by atoms with Crippen LogP contribution in [0.4, 0.5) is 11.4 Å². The van der Waals surface area contributed by atoms with Gasteiger partial charge in [0.05, 0.1) is 11.3 Å². The molecule has 0 aliphatic rings. The molecule has 0 aromatic heterocycles. The van der Waals surface area contributed by atoms with E-state index in [4.69, 9.17) is 10.5 Å². The fraction of sp³-hybridized carbons (Fsp3) is 0.211.